The van der Waals surface area contributed by atoms with E-state index in [2.05, 4.69) is 15.5 Å². The van der Waals surface area contributed by atoms with Crippen molar-refractivity contribution < 1.29 is 4.52 Å². The maximum absolute atomic E-state index is 6.16. The van der Waals surface area contributed by atoms with Gasteiger partial charge < -0.3 is 9.84 Å². The zero-order chi connectivity index (χ0) is 11.8. The summed E-state index contributed by atoms with van der Waals surface area (Å²) in [7, 11) is 0. The Hall–Kier alpha value is -0.910. The molecule has 3 rings (SSSR count). The number of nitrogens with zero attached hydrogens (tertiary/aromatic N) is 2. The van der Waals surface area contributed by atoms with Crippen LogP contribution >= 0.6 is 22.9 Å². The Morgan fingerprint density at radius 2 is 2.41 bits per heavy atom. The highest BCUT2D eigenvalue weighted by Gasteiger charge is 2.21. The predicted octanol–water partition coefficient (Wildman–Crippen LogP) is 3.01. The molecule has 0 aliphatic heterocycles. The Bertz CT molecular complexity index is 533. The third-order valence-corrected chi connectivity index (χ3v) is 4.37. The van der Waals surface area contributed by atoms with E-state index in [1.165, 1.54) is 24.2 Å². The minimum Gasteiger partial charge on any atom is -0.333 e. The maximum Gasteiger partial charge on any atom is 0.269 e. The molecule has 90 valence electrons. The molecule has 0 spiro atoms. The fourth-order valence-corrected chi connectivity index (χ4v) is 2.71. The third kappa shape index (κ3) is 2.36. The van der Waals surface area contributed by atoms with Gasteiger partial charge in [-0.1, -0.05) is 16.8 Å². The molecular weight excluding hydrogens is 258 g/mol. The fourth-order valence-electron chi connectivity index (χ4n) is 1.52. The van der Waals surface area contributed by atoms with E-state index in [0.717, 1.165) is 10.4 Å². The fraction of sp³-hybridized carbons (Fsp3) is 0.455. The molecule has 0 radical (unpaired) electrons. The summed E-state index contributed by atoms with van der Waals surface area (Å²) >= 11 is 7.69. The van der Waals surface area contributed by atoms with Crippen molar-refractivity contribution >= 4 is 22.9 Å². The lowest BCUT2D eigenvalue weighted by atomic mass is 10.3. The molecule has 0 saturated heterocycles. The average molecular weight is 270 g/mol. The highest BCUT2D eigenvalue weighted by atomic mass is 35.5. The van der Waals surface area contributed by atoms with E-state index in [4.69, 9.17) is 16.1 Å². The van der Waals surface area contributed by atoms with Gasteiger partial charge in [0.1, 0.15) is 4.88 Å². The van der Waals surface area contributed by atoms with Gasteiger partial charge in [0.25, 0.3) is 5.89 Å². The van der Waals surface area contributed by atoms with E-state index in [-0.39, 0.29) is 0 Å². The molecule has 2 aromatic rings. The zero-order valence-corrected chi connectivity index (χ0v) is 10.9. The van der Waals surface area contributed by atoms with Gasteiger partial charge in [-0.3, -0.25) is 0 Å². The van der Waals surface area contributed by atoms with Crippen molar-refractivity contribution in [3.05, 3.63) is 21.8 Å². The SMILES string of the molecule is Cc1csc(-c2nc(CNC3CC3)no2)c1Cl. The molecule has 0 aromatic carbocycles. The van der Waals surface area contributed by atoms with Crippen LogP contribution in [0.5, 0.6) is 0 Å². The molecule has 2 aromatic heterocycles. The Kier molecular flexibility index (Phi) is 2.90. The molecule has 4 nitrogen and oxygen atoms in total. The van der Waals surface area contributed by atoms with Gasteiger partial charge in [0, 0.05) is 6.04 Å². The van der Waals surface area contributed by atoms with Crippen molar-refractivity contribution in [3.63, 3.8) is 0 Å². The van der Waals surface area contributed by atoms with E-state index in [1.807, 2.05) is 12.3 Å². The molecule has 0 atom stereocenters. The molecule has 0 bridgehead atoms. The minimum absolute atomic E-state index is 0.515. The number of halogens is 1. The van der Waals surface area contributed by atoms with Crippen LogP contribution in [-0.4, -0.2) is 16.2 Å². The van der Waals surface area contributed by atoms with Crippen LogP contribution in [0.1, 0.15) is 24.2 Å². The van der Waals surface area contributed by atoms with Crippen molar-refractivity contribution in [3.8, 4) is 10.8 Å². The highest BCUT2D eigenvalue weighted by molar-refractivity contribution is 7.14. The van der Waals surface area contributed by atoms with Gasteiger partial charge in [-0.05, 0) is 30.7 Å². The standard InChI is InChI=1S/C11H12ClN3OS/c1-6-5-17-10(9(6)12)11-14-8(15-16-11)4-13-7-2-3-7/h5,7,13H,2-4H2,1H3. The van der Waals surface area contributed by atoms with Crippen LogP contribution in [0.25, 0.3) is 10.8 Å². The van der Waals surface area contributed by atoms with Gasteiger partial charge in [-0.2, -0.15) is 4.98 Å². The first-order valence-corrected chi connectivity index (χ1v) is 6.79. The highest BCUT2D eigenvalue weighted by Crippen LogP contribution is 2.35. The molecule has 2 heterocycles. The number of aromatic nitrogens is 2. The van der Waals surface area contributed by atoms with E-state index in [9.17, 15) is 0 Å². The van der Waals surface area contributed by atoms with Crippen LogP contribution < -0.4 is 5.32 Å². The minimum atomic E-state index is 0.515. The molecule has 1 N–H and O–H groups in total. The van der Waals surface area contributed by atoms with Crippen molar-refractivity contribution in [1.29, 1.82) is 0 Å². The molecule has 1 aliphatic rings. The lowest BCUT2D eigenvalue weighted by molar-refractivity contribution is 0.420. The van der Waals surface area contributed by atoms with Crippen LogP contribution in [0, 0.1) is 6.92 Å². The van der Waals surface area contributed by atoms with Crippen LogP contribution in [0.4, 0.5) is 0 Å². The summed E-state index contributed by atoms with van der Waals surface area (Å²) in [4.78, 5) is 5.20. The van der Waals surface area contributed by atoms with E-state index >= 15 is 0 Å². The number of rotatable bonds is 4. The summed E-state index contributed by atoms with van der Waals surface area (Å²) in [6.07, 6.45) is 2.50. The summed E-state index contributed by atoms with van der Waals surface area (Å²) in [5.41, 5.74) is 1.04. The zero-order valence-electron chi connectivity index (χ0n) is 9.36. The van der Waals surface area contributed by atoms with Crippen molar-refractivity contribution in [2.24, 2.45) is 0 Å². The van der Waals surface area contributed by atoms with Gasteiger partial charge in [0.15, 0.2) is 5.82 Å². The Morgan fingerprint density at radius 1 is 1.59 bits per heavy atom. The first kappa shape index (κ1) is 11.2. The molecule has 1 aliphatic carbocycles. The molecule has 17 heavy (non-hydrogen) atoms. The largest absolute Gasteiger partial charge is 0.333 e. The van der Waals surface area contributed by atoms with Crippen molar-refractivity contribution in [2.45, 2.75) is 32.4 Å². The van der Waals surface area contributed by atoms with Gasteiger partial charge in [0.2, 0.25) is 0 Å². The second-order valence-corrected chi connectivity index (χ2v) is 5.49. The molecule has 0 unspecified atom stereocenters. The van der Waals surface area contributed by atoms with Gasteiger partial charge >= 0.3 is 0 Å². The van der Waals surface area contributed by atoms with Crippen LogP contribution in [0.2, 0.25) is 5.02 Å². The van der Waals surface area contributed by atoms with Crippen molar-refractivity contribution in [2.75, 3.05) is 0 Å². The molecular formula is C11H12ClN3OS. The predicted molar refractivity (Wildman–Crippen MR) is 67.2 cm³/mol. The van der Waals surface area contributed by atoms with E-state index < -0.39 is 0 Å². The van der Waals surface area contributed by atoms with Crippen LogP contribution in [0.15, 0.2) is 9.90 Å². The molecule has 6 heteroatoms. The topological polar surface area (TPSA) is 51.0 Å². The number of nitrogens with one attached hydrogen (secondary N) is 1. The van der Waals surface area contributed by atoms with Crippen LogP contribution in [0.3, 0.4) is 0 Å². The lowest BCUT2D eigenvalue weighted by Gasteiger charge is -1.94. The normalized spacial score (nSPS) is 15.4. The van der Waals surface area contributed by atoms with Gasteiger partial charge in [-0.15, -0.1) is 11.3 Å². The second kappa shape index (κ2) is 4.40. The summed E-state index contributed by atoms with van der Waals surface area (Å²) in [6, 6.07) is 0.643. The number of thiophene rings is 1. The summed E-state index contributed by atoms with van der Waals surface area (Å²) in [6.45, 7) is 2.63. The van der Waals surface area contributed by atoms with E-state index in [1.54, 1.807) is 0 Å². The van der Waals surface area contributed by atoms with Gasteiger partial charge in [0.05, 0.1) is 11.6 Å². The number of hydrogen-bond donors (Lipinski definition) is 1. The summed E-state index contributed by atoms with van der Waals surface area (Å²) < 4.78 is 5.22. The van der Waals surface area contributed by atoms with E-state index in [0.29, 0.717) is 29.3 Å². The van der Waals surface area contributed by atoms with Crippen LogP contribution in [-0.2, 0) is 6.54 Å². The third-order valence-electron chi connectivity index (χ3n) is 2.69. The average Bonchev–Trinajstić information content (AvgIpc) is 2.95. The number of aryl methyl sites for hydroxylation is 1. The first-order chi connectivity index (χ1) is 8.24. The summed E-state index contributed by atoms with van der Waals surface area (Å²) in [5.74, 6) is 1.20. The second-order valence-electron chi connectivity index (χ2n) is 4.23. The quantitative estimate of drug-likeness (QED) is 0.927. The molecule has 1 fully saturated rings. The summed E-state index contributed by atoms with van der Waals surface area (Å²) in [5, 5.41) is 9.98. The monoisotopic (exact) mass is 269 g/mol. The Balaban J connectivity index is 1.76. The smallest absolute Gasteiger partial charge is 0.269 e. The van der Waals surface area contributed by atoms with Gasteiger partial charge in [-0.25, -0.2) is 0 Å². The molecule has 0 amide bonds. The number of hydrogen-bond acceptors (Lipinski definition) is 5. The first-order valence-electron chi connectivity index (χ1n) is 5.54. The molecule has 1 saturated carbocycles. The maximum atomic E-state index is 6.16. The Morgan fingerprint density at radius 3 is 3.06 bits per heavy atom. The van der Waals surface area contributed by atoms with Crippen molar-refractivity contribution in [1.82, 2.24) is 15.5 Å². The Labute approximate surface area is 108 Å². The lowest BCUT2D eigenvalue weighted by Crippen LogP contribution is -2.16.